The molecule has 2 aliphatic heterocycles. The van der Waals surface area contributed by atoms with Crippen molar-refractivity contribution in [2.24, 2.45) is 0 Å². The van der Waals surface area contributed by atoms with E-state index < -0.39 is 11.9 Å². The zero-order chi connectivity index (χ0) is 19.8. The molecule has 0 aliphatic carbocycles. The van der Waals surface area contributed by atoms with Crippen LogP contribution in [0, 0.1) is 0 Å². The van der Waals surface area contributed by atoms with Gasteiger partial charge in [0.1, 0.15) is 18.4 Å². The Labute approximate surface area is 171 Å². The number of rotatable bonds is 4. The lowest BCUT2D eigenvalue weighted by Gasteiger charge is -2.29. The maximum absolute atomic E-state index is 12.8. The fraction of sp³-hybridized carbons (Fsp3) is 0.250. The van der Waals surface area contributed by atoms with Crippen molar-refractivity contribution >= 4 is 40.9 Å². The van der Waals surface area contributed by atoms with Gasteiger partial charge in [0.25, 0.3) is 5.91 Å². The third-order valence-electron chi connectivity index (χ3n) is 4.95. The normalized spacial score (nSPS) is 18.9. The molecule has 1 N–H and O–H groups in total. The zero-order valence-corrected chi connectivity index (χ0v) is 16.2. The second-order valence-electron chi connectivity index (χ2n) is 6.68. The van der Waals surface area contributed by atoms with E-state index in [4.69, 9.17) is 27.9 Å². The Kier molecular flexibility index (Phi) is 5.00. The first kappa shape index (κ1) is 18.8. The Hall–Kier alpha value is -2.57. The van der Waals surface area contributed by atoms with Gasteiger partial charge in [-0.15, -0.1) is 0 Å². The van der Waals surface area contributed by atoms with Gasteiger partial charge in [-0.05, 0) is 24.6 Å². The summed E-state index contributed by atoms with van der Waals surface area (Å²) in [6.07, 6.45) is 0.534. The molecular formula is C20H16Cl2N2O4. The number of hydrogen-bond acceptors (Lipinski definition) is 4. The molecule has 28 heavy (non-hydrogen) atoms. The maximum Gasteiger partial charge on any atom is 0.255 e. The van der Waals surface area contributed by atoms with Gasteiger partial charge in [0.05, 0.1) is 16.6 Å². The van der Waals surface area contributed by atoms with E-state index in [0.717, 1.165) is 11.1 Å². The van der Waals surface area contributed by atoms with Crippen LogP contribution in [0.3, 0.4) is 0 Å². The third-order valence-corrected chi connectivity index (χ3v) is 5.81. The lowest BCUT2D eigenvalue weighted by atomic mass is 10.0. The summed E-state index contributed by atoms with van der Waals surface area (Å²) in [6, 6.07) is 9.87. The first-order chi connectivity index (χ1) is 13.5. The quantitative estimate of drug-likeness (QED) is 0.772. The van der Waals surface area contributed by atoms with E-state index in [1.807, 2.05) is 6.07 Å². The van der Waals surface area contributed by atoms with Crippen LogP contribution < -0.4 is 10.1 Å². The van der Waals surface area contributed by atoms with Crippen molar-refractivity contribution in [3.05, 3.63) is 63.1 Å². The number of benzene rings is 2. The van der Waals surface area contributed by atoms with E-state index in [9.17, 15) is 14.4 Å². The molecule has 0 saturated carbocycles. The topological polar surface area (TPSA) is 75.7 Å². The number of nitrogens with one attached hydrogen (secondary N) is 1. The molecule has 1 fully saturated rings. The van der Waals surface area contributed by atoms with E-state index in [0.29, 0.717) is 27.8 Å². The summed E-state index contributed by atoms with van der Waals surface area (Å²) in [5, 5.41) is 3.17. The summed E-state index contributed by atoms with van der Waals surface area (Å²) in [4.78, 5) is 37.9. The molecule has 0 radical (unpaired) electrons. The highest BCUT2D eigenvalue weighted by Gasteiger charge is 2.40. The molecule has 1 unspecified atom stereocenters. The summed E-state index contributed by atoms with van der Waals surface area (Å²) >= 11 is 12.2. The van der Waals surface area contributed by atoms with Crippen molar-refractivity contribution in [3.8, 4) is 5.75 Å². The maximum atomic E-state index is 12.8. The van der Waals surface area contributed by atoms with Gasteiger partial charge in [-0.2, -0.15) is 0 Å². The Balaban J connectivity index is 1.55. The first-order valence-electron chi connectivity index (χ1n) is 8.78. The summed E-state index contributed by atoms with van der Waals surface area (Å²) in [7, 11) is 0. The highest BCUT2D eigenvalue weighted by atomic mass is 35.5. The molecule has 2 heterocycles. The molecule has 0 spiro atoms. The van der Waals surface area contributed by atoms with Crippen LogP contribution >= 0.6 is 23.2 Å². The molecular weight excluding hydrogens is 403 g/mol. The molecule has 6 nitrogen and oxygen atoms in total. The SMILES string of the molecule is O=C1CCC(N2Cc3c(OCc4cccc(Cl)c4Cl)cccc3C2=O)C(=O)N1. The summed E-state index contributed by atoms with van der Waals surface area (Å²) in [6.45, 7) is 0.447. The number of imide groups is 1. The number of halogens is 2. The largest absolute Gasteiger partial charge is 0.488 e. The van der Waals surface area contributed by atoms with Crippen LogP contribution in [0.1, 0.15) is 34.3 Å². The average molecular weight is 419 g/mol. The van der Waals surface area contributed by atoms with Crippen LogP contribution in [0.5, 0.6) is 5.75 Å². The number of carbonyl (C=O) groups excluding carboxylic acids is 3. The van der Waals surface area contributed by atoms with Crippen LogP contribution in [0.25, 0.3) is 0 Å². The van der Waals surface area contributed by atoms with Crippen LogP contribution in [-0.4, -0.2) is 28.7 Å². The minimum Gasteiger partial charge on any atom is -0.488 e. The van der Waals surface area contributed by atoms with Crippen LogP contribution in [0.15, 0.2) is 36.4 Å². The van der Waals surface area contributed by atoms with E-state index >= 15 is 0 Å². The lowest BCUT2D eigenvalue weighted by molar-refractivity contribution is -0.136. The summed E-state index contributed by atoms with van der Waals surface area (Å²) in [5.41, 5.74) is 1.95. The van der Waals surface area contributed by atoms with Crippen molar-refractivity contribution < 1.29 is 19.1 Å². The van der Waals surface area contributed by atoms with E-state index in [-0.39, 0.29) is 31.4 Å². The molecule has 2 aromatic rings. The Morgan fingerprint density at radius 3 is 2.68 bits per heavy atom. The number of carbonyl (C=O) groups is 3. The molecule has 4 rings (SSSR count). The third kappa shape index (κ3) is 3.34. The smallest absolute Gasteiger partial charge is 0.255 e. The monoisotopic (exact) mass is 418 g/mol. The number of ether oxygens (including phenoxy) is 1. The molecule has 1 atom stereocenters. The van der Waals surface area contributed by atoms with Crippen molar-refractivity contribution in [1.82, 2.24) is 10.2 Å². The highest BCUT2D eigenvalue weighted by Crippen LogP contribution is 2.34. The lowest BCUT2D eigenvalue weighted by Crippen LogP contribution is -2.52. The number of amides is 3. The second-order valence-corrected chi connectivity index (χ2v) is 7.47. The van der Waals surface area contributed by atoms with Gasteiger partial charge in [-0.25, -0.2) is 0 Å². The van der Waals surface area contributed by atoms with Crippen molar-refractivity contribution in [1.29, 1.82) is 0 Å². The number of nitrogens with zero attached hydrogens (tertiary/aromatic N) is 1. The Morgan fingerprint density at radius 1 is 1.11 bits per heavy atom. The van der Waals surface area contributed by atoms with Crippen molar-refractivity contribution in [2.45, 2.75) is 32.0 Å². The molecule has 144 valence electrons. The standard InChI is InChI=1S/C20H16Cl2N2O4/c21-14-5-1-3-11(18(14)22)10-28-16-6-2-4-12-13(16)9-24(20(12)27)15-7-8-17(25)23-19(15)26/h1-6,15H,7-10H2,(H,23,25,26). The van der Waals surface area contributed by atoms with Crippen LogP contribution in [0.2, 0.25) is 10.0 Å². The average Bonchev–Trinajstić information content (AvgIpc) is 3.00. The number of piperidine rings is 1. The molecule has 0 bridgehead atoms. The Morgan fingerprint density at radius 2 is 1.89 bits per heavy atom. The molecule has 2 aliphatic rings. The molecule has 8 heteroatoms. The predicted octanol–water partition coefficient (Wildman–Crippen LogP) is 3.33. The molecule has 2 aromatic carbocycles. The van der Waals surface area contributed by atoms with Crippen molar-refractivity contribution in [2.75, 3.05) is 0 Å². The molecule has 1 saturated heterocycles. The van der Waals surface area contributed by atoms with Gasteiger partial charge in [0, 0.05) is 23.1 Å². The summed E-state index contributed by atoms with van der Waals surface area (Å²) in [5.74, 6) is -0.439. The van der Waals surface area contributed by atoms with Crippen LogP contribution in [0.4, 0.5) is 0 Å². The molecule has 0 aromatic heterocycles. The minimum atomic E-state index is -0.659. The Bertz CT molecular complexity index is 992. The van der Waals surface area contributed by atoms with Gasteiger partial charge in [0.15, 0.2) is 0 Å². The van der Waals surface area contributed by atoms with Gasteiger partial charge >= 0.3 is 0 Å². The fourth-order valence-corrected chi connectivity index (χ4v) is 3.88. The summed E-state index contributed by atoms with van der Waals surface area (Å²) < 4.78 is 5.92. The minimum absolute atomic E-state index is 0.197. The van der Waals surface area contributed by atoms with E-state index in [1.165, 1.54) is 4.90 Å². The van der Waals surface area contributed by atoms with Gasteiger partial charge in [0.2, 0.25) is 11.8 Å². The number of fused-ring (bicyclic) bond motifs is 1. The van der Waals surface area contributed by atoms with Gasteiger partial charge < -0.3 is 9.64 Å². The van der Waals surface area contributed by atoms with Gasteiger partial charge in [-0.3, -0.25) is 19.7 Å². The van der Waals surface area contributed by atoms with Gasteiger partial charge in [-0.1, -0.05) is 41.4 Å². The highest BCUT2D eigenvalue weighted by molar-refractivity contribution is 6.42. The van der Waals surface area contributed by atoms with E-state index in [1.54, 1.807) is 30.3 Å². The number of hydrogen-bond donors (Lipinski definition) is 1. The predicted molar refractivity (Wildman–Crippen MR) is 103 cm³/mol. The van der Waals surface area contributed by atoms with Crippen molar-refractivity contribution in [3.63, 3.8) is 0 Å². The van der Waals surface area contributed by atoms with Crippen LogP contribution in [-0.2, 0) is 22.7 Å². The fourth-order valence-electron chi connectivity index (χ4n) is 3.51. The first-order valence-corrected chi connectivity index (χ1v) is 9.53. The molecule has 3 amide bonds. The van der Waals surface area contributed by atoms with E-state index in [2.05, 4.69) is 5.32 Å². The zero-order valence-electron chi connectivity index (χ0n) is 14.7. The second kappa shape index (κ2) is 7.45.